The number of unbranched alkanes of at least 4 members (excludes halogenated alkanes) is 4. The minimum atomic E-state index is -1.71. The van der Waals surface area contributed by atoms with Gasteiger partial charge in [-0.25, -0.2) is 0 Å². The number of imide groups is 1. The highest BCUT2D eigenvalue weighted by Crippen LogP contribution is 2.35. The first-order chi connectivity index (χ1) is 38.1. The summed E-state index contributed by atoms with van der Waals surface area (Å²) in [6.45, 7) is 1.22. The van der Waals surface area contributed by atoms with Crippen LogP contribution in [0.25, 0.3) is 0 Å². The van der Waals surface area contributed by atoms with E-state index in [1.165, 1.54) is 24.2 Å². The first kappa shape index (κ1) is 66.2. The Hall–Kier alpha value is -3.63. The fourth-order valence-electron chi connectivity index (χ4n) is 10.5. The van der Waals surface area contributed by atoms with Crippen molar-refractivity contribution < 1.29 is 107 Å². The highest BCUT2D eigenvalue weighted by molar-refractivity contribution is 6.12. The van der Waals surface area contributed by atoms with Gasteiger partial charge in [0, 0.05) is 83.3 Å². The molecule has 0 unspecified atom stereocenters. The minimum Gasteiger partial charge on any atom is -0.394 e. The van der Waals surface area contributed by atoms with Gasteiger partial charge in [-0.2, -0.15) is 0 Å². The van der Waals surface area contributed by atoms with Crippen molar-refractivity contribution in [2.24, 2.45) is 17.8 Å². The van der Waals surface area contributed by atoms with Gasteiger partial charge in [0.25, 0.3) is 11.8 Å². The molecule has 5 aliphatic rings. The Morgan fingerprint density at radius 2 is 1.24 bits per heavy atom. The van der Waals surface area contributed by atoms with Gasteiger partial charge in [0.15, 0.2) is 12.6 Å². The van der Waals surface area contributed by atoms with Crippen molar-refractivity contribution in [3.63, 3.8) is 0 Å². The second-order valence-corrected chi connectivity index (χ2v) is 20.9. The lowest BCUT2D eigenvalue weighted by Gasteiger charge is -2.45. The van der Waals surface area contributed by atoms with Crippen LogP contribution in [0, 0.1) is 30.1 Å². The fraction of sp³-hybridized carbons (Fsp3) is 0.833. The van der Waals surface area contributed by atoms with Gasteiger partial charge in [0.05, 0.1) is 58.4 Å². The molecule has 4 amide bonds. The van der Waals surface area contributed by atoms with Crippen molar-refractivity contribution in [3.8, 4) is 12.3 Å². The van der Waals surface area contributed by atoms with Crippen LogP contribution in [0.1, 0.15) is 96.3 Å². The van der Waals surface area contributed by atoms with Gasteiger partial charge in [-0.1, -0.05) is 18.8 Å². The highest BCUT2D eigenvalue weighted by atomic mass is 16.7. The smallest absolute Gasteiger partial charge is 0.253 e. The molecule has 0 radical (unpaired) electrons. The Morgan fingerprint density at radius 1 is 0.633 bits per heavy atom. The van der Waals surface area contributed by atoms with E-state index in [0.717, 1.165) is 25.7 Å². The number of hydrogen-bond acceptors (Lipinski definition) is 22. The van der Waals surface area contributed by atoms with E-state index in [9.17, 15) is 64.8 Å². The molecule has 0 aromatic rings. The Labute approximate surface area is 461 Å². The van der Waals surface area contributed by atoms with Gasteiger partial charge in [-0.3, -0.25) is 28.9 Å². The number of methoxy groups -OCH3 is 1. The molecule has 3 aliphatic heterocycles. The lowest BCUT2D eigenvalue weighted by atomic mass is 9.79. The Morgan fingerprint density at radius 3 is 1.89 bits per heavy atom. The molecule has 0 bridgehead atoms. The van der Waals surface area contributed by atoms with Crippen LogP contribution >= 0.6 is 0 Å². The number of carbonyl (C=O) groups excluding carboxylic acids is 5. The number of nitrogens with one attached hydrogen (secondary N) is 2. The van der Waals surface area contributed by atoms with Gasteiger partial charge in [-0.15, -0.1) is 6.42 Å². The molecule has 0 spiro atoms. The number of terminal acetylenes is 1. The maximum Gasteiger partial charge on any atom is 0.253 e. The second-order valence-electron chi connectivity index (χ2n) is 20.9. The number of aliphatic hydroxyl groups excluding tert-OH is 8. The second kappa shape index (κ2) is 35.4. The van der Waals surface area contributed by atoms with Crippen molar-refractivity contribution in [2.75, 3.05) is 86.2 Å². The average molecular weight is 1130 g/mol. The molecule has 25 heteroatoms. The maximum absolute atomic E-state index is 12.7. The Balaban J connectivity index is 0.987. The standard InChI is InChI=1S/C54H87N3O22/c1-3-20-55-40(60)12-6-5-9-24-75-52-39(79-53(71-2)50(70)48(52)68)32-76-37-28-35(31-77-54-49(69)46(66)45(65)38(30-58)78-54)51(47(67)44(37)64)74-23-8-4-7-13-41(61)56-21-25-73-27-26-72-22-10-11-36(59)34-16-14-33(15-17-34)29-57-42(62)18-19-43(57)63/h1,18-19,33-35,37-39,44-54,58,64-70H,4-17,20-32H2,2H3,(H,55,60)(H,56,61)/t33?,34?,35-,37+,38-,39-,44+,45-,46-,47+,48+,49-,50-,51-,52-,53+,54+/m1/s1. The molecule has 0 aromatic carbocycles. The third kappa shape index (κ3) is 20.9. The summed E-state index contributed by atoms with van der Waals surface area (Å²) >= 11 is 0. The van der Waals surface area contributed by atoms with E-state index >= 15 is 0 Å². The first-order valence-electron chi connectivity index (χ1n) is 27.9. The molecule has 25 nitrogen and oxygen atoms in total. The van der Waals surface area contributed by atoms with E-state index < -0.39 is 98.4 Å². The molecule has 5 rings (SSSR count). The molecule has 0 aromatic heterocycles. The number of hydrogen-bond donors (Lipinski definition) is 10. The van der Waals surface area contributed by atoms with Crippen LogP contribution in [0.2, 0.25) is 0 Å². The summed E-state index contributed by atoms with van der Waals surface area (Å²) in [5.41, 5.74) is 0. The Kier molecular flexibility index (Phi) is 29.6. The van der Waals surface area contributed by atoms with E-state index in [-0.39, 0.29) is 100 Å². The molecule has 450 valence electrons. The maximum atomic E-state index is 12.7. The molecule has 10 N–H and O–H groups in total. The zero-order valence-corrected chi connectivity index (χ0v) is 45.4. The van der Waals surface area contributed by atoms with Crippen molar-refractivity contribution >= 4 is 29.4 Å². The zero-order chi connectivity index (χ0) is 57.3. The molecule has 2 saturated heterocycles. The van der Waals surface area contributed by atoms with Crippen LogP contribution in [0.3, 0.4) is 0 Å². The fourth-order valence-corrected chi connectivity index (χ4v) is 10.5. The quantitative estimate of drug-likeness (QED) is 0.0182. The first-order valence-corrected chi connectivity index (χ1v) is 27.9. The van der Waals surface area contributed by atoms with Gasteiger partial charge >= 0.3 is 0 Å². The van der Waals surface area contributed by atoms with Crippen LogP contribution in [-0.4, -0.2) is 247 Å². The molecule has 3 heterocycles. The van der Waals surface area contributed by atoms with E-state index in [0.29, 0.717) is 84.3 Å². The summed E-state index contributed by atoms with van der Waals surface area (Å²) < 4.78 is 52.1. The number of aliphatic hydroxyl groups is 8. The highest BCUT2D eigenvalue weighted by Gasteiger charge is 2.50. The van der Waals surface area contributed by atoms with Crippen molar-refractivity contribution in [2.45, 2.75) is 182 Å². The molecular formula is C54H87N3O22. The number of nitrogens with zero attached hydrogens (tertiary/aromatic N) is 1. The van der Waals surface area contributed by atoms with Crippen LogP contribution in [-0.2, 0) is 66.6 Å². The van der Waals surface area contributed by atoms with Gasteiger partial charge in [0.1, 0.15) is 66.8 Å². The summed E-state index contributed by atoms with van der Waals surface area (Å²) in [5.74, 6) is 1.15. The lowest BCUT2D eigenvalue weighted by Crippen LogP contribution is -2.61. The Bertz CT molecular complexity index is 1900. The normalized spacial score (nSPS) is 33.0. The lowest BCUT2D eigenvalue weighted by molar-refractivity contribution is -0.312. The van der Waals surface area contributed by atoms with Gasteiger partial charge < -0.3 is 94.1 Å². The van der Waals surface area contributed by atoms with Crippen molar-refractivity contribution in [3.05, 3.63) is 12.2 Å². The van der Waals surface area contributed by atoms with E-state index in [2.05, 4.69) is 16.6 Å². The van der Waals surface area contributed by atoms with Crippen molar-refractivity contribution in [1.29, 1.82) is 0 Å². The van der Waals surface area contributed by atoms with E-state index in [1.807, 2.05) is 0 Å². The largest absolute Gasteiger partial charge is 0.394 e. The predicted molar refractivity (Wildman–Crippen MR) is 276 cm³/mol. The molecule has 2 aliphatic carbocycles. The number of Topliss-reactive ketones (excluding diaryl/α,β-unsaturated/α-hetero) is 1. The number of ether oxygens (including phenoxy) is 9. The number of rotatable bonds is 36. The third-order valence-corrected chi connectivity index (χ3v) is 15.1. The summed E-state index contributed by atoms with van der Waals surface area (Å²) in [7, 11) is 1.29. The number of carbonyl (C=O) groups is 5. The topological polar surface area (TPSA) is 358 Å². The SMILES string of the molecule is C#CCNC(=O)CCCCCO[C@H]1[C@@H](O)[C@@H](O)[C@@H](OC)O[C@@H]1CO[C@H]1C[C@H](CO[C@H]2O[C@H](CO)[C@@H](O)[C@@H](O)[C@H]2O)[C@@H](OCCCCCC(=O)NCCOCCOCCCC(=O)C2CCC(CN3C(=O)C=CC3=O)CC2)[C@@H](O)[C@H]1O. The predicted octanol–water partition coefficient (Wildman–Crippen LogP) is -2.11. The zero-order valence-electron chi connectivity index (χ0n) is 45.4. The summed E-state index contributed by atoms with van der Waals surface area (Å²) in [4.78, 5) is 62.1. The van der Waals surface area contributed by atoms with Gasteiger partial charge in [-0.05, 0) is 70.1 Å². The molecule has 4 fully saturated rings. The summed E-state index contributed by atoms with van der Waals surface area (Å²) in [6.07, 6.45) is -3.56. The van der Waals surface area contributed by atoms with Crippen LogP contribution in [0.5, 0.6) is 0 Å². The van der Waals surface area contributed by atoms with E-state index in [1.54, 1.807) is 0 Å². The van der Waals surface area contributed by atoms with Crippen LogP contribution in [0.15, 0.2) is 12.2 Å². The molecule has 79 heavy (non-hydrogen) atoms. The summed E-state index contributed by atoms with van der Waals surface area (Å²) in [6, 6.07) is 0. The van der Waals surface area contributed by atoms with Crippen LogP contribution < -0.4 is 10.6 Å². The molecular weight excluding hydrogens is 1040 g/mol. The monoisotopic (exact) mass is 1130 g/mol. The molecule has 2 saturated carbocycles. The van der Waals surface area contributed by atoms with Crippen molar-refractivity contribution in [1.82, 2.24) is 15.5 Å². The minimum absolute atomic E-state index is 0.00215. The molecule has 15 atom stereocenters. The number of amides is 4. The van der Waals surface area contributed by atoms with Gasteiger partial charge in [0.2, 0.25) is 11.8 Å². The third-order valence-electron chi connectivity index (χ3n) is 15.1. The van der Waals surface area contributed by atoms with E-state index in [4.69, 9.17) is 49.1 Å². The number of ketones is 1. The average Bonchev–Trinajstić information content (AvgIpc) is 3.82. The summed E-state index contributed by atoms with van der Waals surface area (Å²) in [5, 5.41) is 91.2. The van der Waals surface area contributed by atoms with Crippen LogP contribution in [0.4, 0.5) is 0 Å².